The number of rotatable bonds is 3. The summed E-state index contributed by atoms with van der Waals surface area (Å²) in [5.41, 5.74) is 1.86. The van der Waals surface area contributed by atoms with Gasteiger partial charge in [0.1, 0.15) is 5.00 Å². The number of nitrogens with zero attached hydrogens (tertiary/aromatic N) is 2. The van der Waals surface area contributed by atoms with Gasteiger partial charge in [-0.1, -0.05) is 0 Å². The zero-order chi connectivity index (χ0) is 17.3. The van der Waals surface area contributed by atoms with Gasteiger partial charge in [0.2, 0.25) is 5.91 Å². The van der Waals surface area contributed by atoms with Crippen LogP contribution in [-0.4, -0.2) is 41.4 Å². The van der Waals surface area contributed by atoms with E-state index in [2.05, 4.69) is 12.2 Å². The van der Waals surface area contributed by atoms with E-state index < -0.39 is 0 Å². The van der Waals surface area contributed by atoms with Crippen molar-refractivity contribution in [1.29, 1.82) is 0 Å². The van der Waals surface area contributed by atoms with Gasteiger partial charge in [-0.05, 0) is 44.4 Å². The van der Waals surface area contributed by atoms with E-state index in [0.717, 1.165) is 29.0 Å². The van der Waals surface area contributed by atoms with Crippen LogP contribution in [0.4, 0.5) is 0 Å². The lowest BCUT2D eigenvalue weighted by atomic mass is 9.95. The number of aryl methyl sites for hydroxylation is 1. The number of carbonyl (C=O) groups excluding carboxylic acids is 2. The molecule has 3 rings (SSSR count). The molecule has 0 spiro atoms. The maximum Gasteiger partial charge on any atom is 0.257 e. The Bertz CT molecular complexity index is 741. The van der Waals surface area contributed by atoms with Crippen molar-refractivity contribution >= 4 is 23.2 Å². The predicted octanol–water partition coefficient (Wildman–Crippen LogP) is 2.75. The lowest BCUT2D eigenvalue weighted by Gasteiger charge is -2.31. The molecule has 0 atom stereocenters. The number of likely N-dealkylation sites (tertiary alicyclic amines) is 1. The molecule has 0 radical (unpaired) electrons. The van der Waals surface area contributed by atoms with Gasteiger partial charge in [0.15, 0.2) is 0 Å². The molecule has 0 bridgehead atoms. The third kappa shape index (κ3) is 2.98. The van der Waals surface area contributed by atoms with Crippen LogP contribution >= 0.6 is 11.3 Å². The molecule has 1 aliphatic rings. The van der Waals surface area contributed by atoms with E-state index in [1.54, 1.807) is 18.4 Å². The van der Waals surface area contributed by atoms with Crippen LogP contribution in [0.5, 0.6) is 0 Å². The van der Waals surface area contributed by atoms with Gasteiger partial charge < -0.3 is 14.8 Å². The maximum absolute atomic E-state index is 13.1. The summed E-state index contributed by atoms with van der Waals surface area (Å²) in [6, 6.07) is 3.93. The Morgan fingerprint density at radius 1 is 1.17 bits per heavy atom. The first-order chi connectivity index (χ1) is 11.5. The average Bonchev–Trinajstić information content (AvgIpc) is 3.23. The van der Waals surface area contributed by atoms with Crippen LogP contribution in [0.15, 0.2) is 24.5 Å². The number of hydrogen-bond donors (Lipinski definition) is 1. The first-order valence-corrected chi connectivity index (χ1v) is 9.08. The fourth-order valence-electron chi connectivity index (χ4n) is 3.22. The summed E-state index contributed by atoms with van der Waals surface area (Å²) in [7, 11) is 1.67. The number of carbonyl (C=O) groups is 2. The lowest BCUT2D eigenvalue weighted by molar-refractivity contribution is -0.125. The summed E-state index contributed by atoms with van der Waals surface area (Å²) in [6.07, 6.45) is 5.40. The Labute approximate surface area is 146 Å². The summed E-state index contributed by atoms with van der Waals surface area (Å²) >= 11 is 1.65. The average molecular weight is 345 g/mol. The second-order valence-electron chi connectivity index (χ2n) is 6.23. The van der Waals surface area contributed by atoms with Crippen molar-refractivity contribution in [3.05, 3.63) is 40.5 Å². The highest BCUT2D eigenvalue weighted by atomic mass is 32.1. The van der Waals surface area contributed by atoms with Gasteiger partial charge >= 0.3 is 0 Å². The summed E-state index contributed by atoms with van der Waals surface area (Å²) in [5, 5.41) is 3.69. The molecule has 0 aliphatic carbocycles. The van der Waals surface area contributed by atoms with Gasteiger partial charge in [-0.15, -0.1) is 11.3 Å². The molecule has 2 aromatic heterocycles. The molecular formula is C18H23N3O2S. The quantitative estimate of drug-likeness (QED) is 0.930. The number of hydrogen-bond acceptors (Lipinski definition) is 3. The standard InChI is InChI=1S/C18H23N3O2S/c1-12-13(2)24-18(21-8-4-5-9-21)15(12)17(23)20-10-6-14(7-11-20)16(22)19-3/h4-5,8-9,14H,6-7,10-11H2,1-3H3,(H,19,22). The number of aromatic nitrogens is 1. The van der Waals surface area contributed by atoms with Crippen LogP contribution in [0.3, 0.4) is 0 Å². The predicted molar refractivity (Wildman–Crippen MR) is 95.8 cm³/mol. The normalized spacial score (nSPS) is 15.5. The maximum atomic E-state index is 13.1. The molecule has 0 aromatic carbocycles. The van der Waals surface area contributed by atoms with Gasteiger partial charge in [-0.3, -0.25) is 9.59 Å². The summed E-state index contributed by atoms with van der Waals surface area (Å²) < 4.78 is 2.01. The molecule has 0 unspecified atom stereocenters. The minimum atomic E-state index is 0.0216. The highest BCUT2D eigenvalue weighted by molar-refractivity contribution is 7.15. The zero-order valence-electron chi connectivity index (χ0n) is 14.3. The molecule has 2 aromatic rings. The van der Waals surface area contributed by atoms with Crippen LogP contribution in [0.25, 0.3) is 5.00 Å². The topological polar surface area (TPSA) is 54.3 Å². The minimum Gasteiger partial charge on any atom is -0.359 e. The second kappa shape index (κ2) is 6.81. The van der Waals surface area contributed by atoms with Crippen LogP contribution in [-0.2, 0) is 4.79 Å². The molecule has 5 nitrogen and oxygen atoms in total. The van der Waals surface area contributed by atoms with Crippen molar-refractivity contribution in [2.45, 2.75) is 26.7 Å². The fraction of sp³-hybridized carbons (Fsp3) is 0.444. The van der Waals surface area contributed by atoms with Crippen LogP contribution in [0.2, 0.25) is 0 Å². The number of amides is 2. The molecule has 3 heterocycles. The van der Waals surface area contributed by atoms with Gasteiger partial charge in [0.25, 0.3) is 5.91 Å². The lowest BCUT2D eigenvalue weighted by Crippen LogP contribution is -2.42. The number of thiophene rings is 1. The number of piperidine rings is 1. The third-order valence-electron chi connectivity index (χ3n) is 4.82. The van der Waals surface area contributed by atoms with Crippen LogP contribution < -0.4 is 5.32 Å². The van der Waals surface area contributed by atoms with Crippen molar-refractivity contribution in [1.82, 2.24) is 14.8 Å². The largest absolute Gasteiger partial charge is 0.359 e. The highest BCUT2D eigenvalue weighted by Gasteiger charge is 2.30. The van der Waals surface area contributed by atoms with Crippen molar-refractivity contribution in [2.24, 2.45) is 5.92 Å². The third-order valence-corrected chi connectivity index (χ3v) is 6.04. The smallest absolute Gasteiger partial charge is 0.257 e. The Hall–Kier alpha value is -2.08. The van der Waals surface area contributed by atoms with E-state index in [-0.39, 0.29) is 17.7 Å². The highest BCUT2D eigenvalue weighted by Crippen LogP contribution is 2.32. The Kier molecular flexibility index (Phi) is 4.76. The molecule has 1 N–H and O–H groups in total. The molecule has 1 aliphatic heterocycles. The monoisotopic (exact) mass is 345 g/mol. The summed E-state index contributed by atoms with van der Waals surface area (Å²) in [4.78, 5) is 27.9. The van der Waals surface area contributed by atoms with E-state index >= 15 is 0 Å². The van der Waals surface area contributed by atoms with Gasteiger partial charge in [0.05, 0.1) is 5.56 Å². The van der Waals surface area contributed by atoms with Crippen molar-refractivity contribution in [3.8, 4) is 5.00 Å². The van der Waals surface area contributed by atoms with Crippen molar-refractivity contribution < 1.29 is 9.59 Å². The van der Waals surface area contributed by atoms with E-state index in [0.29, 0.717) is 13.1 Å². The Morgan fingerprint density at radius 2 is 1.79 bits per heavy atom. The Morgan fingerprint density at radius 3 is 2.38 bits per heavy atom. The summed E-state index contributed by atoms with van der Waals surface area (Å²) in [6.45, 7) is 5.34. The summed E-state index contributed by atoms with van der Waals surface area (Å²) in [5.74, 6) is 0.182. The fourth-order valence-corrected chi connectivity index (χ4v) is 4.33. The van der Waals surface area contributed by atoms with Crippen molar-refractivity contribution in [2.75, 3.05) is 20.1 Å². The second-order valence-corrected chi connectivity index (χ2v) is 7.44. The molecule has 24 heavy (non-hydrogen) atoms. The Balaban J connectivity index is 1.83. The van der Waals surface area contributed by atoms with Crippen LogP contribution in [0.1, 0.15) is 33.6 Å². The van der Waals surface area contributed by atoms with E-state index in [4.69, 9.17) is 0 Å². The number of nitrogens with one attached hydrogen (secondary N) is 1. The first kappa shape index (κ1) is 16.8. The van der Waals surface area contributed by atoms with E-state index in [1.807, 2.05) is 40.9 Å². The first-order valence-electron chi connectivity index (χ1n) is 8.27. The van der Waals surface area contributed by atoms with Gasteiger partial charge in [-0.25, -0.2) is 0 Å². The van der Waals surface area contributed by atoms with Gasteiger partial charge in [-0.2, -0.15) is 0 Å². The van der Waals surface area contributed by atoms with E-state index in [1.165, 1.54) is 4.88 Å². The molecular weight excluding hydrogens is 322 g/mol. The van der Waals surface area contributed by atoms with Crippen LogP contribution in [0, 0.1) is 19.8 Å². The minimum absolute atomic E-state index is 0.0216. The van der Waals surface area contributed by atoms with Crippen molar-refractivity contribution in [3.63, 3.8) is 0 Å². The zero-order valence-corrected chi connectivity index (χ0v) is 15.2. The molecule has 0 saturated carbocycles. The van der Waals surface area contributed by atoms with E-state index in [9.17, 15) is 9.59 Å². The molecule has 1 fully saturated rings. The van der Waals surface area contributed by atoms with Gasteiger partial charge in [0, 0.05) is 43.3 Å². The molecule has 6 heteroatoms. The SMILES string of the molecule is CNC(=O)C1CCN(C(=O)c2c(-n3cccc3)sc(C)c2C)CC1. The molecule has 1 saturated heterocycles. The molecule has 2 amide bonds. The molecule has 128 valence electrons.